The molecule has 0 aromatic heterocycles. The minimum absolute atomic E-state index is 0.0721. The van der Waals surface area contributed by atoms with Crippen LogP contribution in [0, 0.1) is 11.7 Å². The predicted octanol–water partition coefficient (Wildman–Crippen LogP) is 1.98. The fraction of sp³-hybridized carbons (Fsp3) is 0.300. The number of nitrogens with zero attached hydrogens (tertiary/aromatic N) is 1. The van der Waals surface area contributed by atoms with Crippen LogP contribution < -0.4 is 10.6 Å². The molecule has 29 heavy (non-hydrogen) atoms. The van der Waals surface area contributed by atoms with Gasteiger partial charge < -0.3 is 10.6 Å². The van der Waals surface area contributed by atoms with Crippen LogP contribution in [0.4, 0.5) is 10.1 Å². The minimum atomic E-state index is -3.66. The number of piperidine rings is 1. The van der Waals surface area contributed by atoms with Crippen molar-refractivity contribution < 1.29 is 22.4 Å². The number of amides is 2. The van der Waals surface area contributed by atoms with E-state index in [0.717, 1.165) is 0 Å². The van der Waals surface area contributed by atoms with Gasteiger partial charge in [0.25, 0.3) is 0 Å². The molecule has 9 heteroatoms. The van der Waals surface area contributed by atoms with Crippen LogP contribution in [0.15, 0.2) is 59.5 Å². The van der Waals surface area contributed by atoms with Crippen molar-refractivity contribution in [2.24, 2.45) is 5.92 Å². The summed E-state index contributed by atoms with van der Waals surface area (Å²) in [7, 11) is -3.66. The summed E-state index contributed by atoms with van der Waals surface area (Å²) >= 11 is 0. The van der Waals surface area contributed by atoms with Crippen LogP contribution in [0.5, 0.6) is 0 Å². The van der Waals surface area contributed by atoms with Crippen LogP contribution in [0.2, 0.25) is 0 Å². The topological polar surface area (TPSA) is 95.6 Å². The van der Waals surface area contributed by atoms with E-state index < -0.39 is 27.7 Å². The van der Waals surface area contributed by atoms with E-state index in [9.17, 15) is 22.4 Å². The molecule has 2 amide bonds. The zero-order chi connectivity index (χ0) is 20.9. The number of halogens is 1. The third-order valence-corrected chi connectivity index (χ3v) is 6.57. The molecule has 7 nitrogen and oxygen atoms in total. The molecule has 1 saturated heterocycles. The van der Waals surface area contributed by atoms with Crippen molar-refractivity contribution >= 4 is 27.5 Å². The first-order valence-corrected chi connectivity index (χ1v) is 10.7. The molecular formula is C20H22FN3O4S. The maximum atomic E-state index is 12.9. The normalized spacial score (nSPS) is 17.5. The molecule has 1 fully saturated rings. The first-order valence-electron chi connectivity index (χ1n) is 9.24. The van der Waals surface area contributed by atoms with Crippen molar-refractivity contribution in [2.75, 3.05) is 25.0 Å². The van der Waals surface area contributed by atoms with Crippen molar-refractivity contribution in [3.63, 3.8) is 0 Å². The third-order valence-electron chi connectivity index (χ3n) is 4.69. The van der Waals surface area contributed by atoms with Crippen molar-refractivity contribution in [3.8, 4) is 0 Å². The fourth-order valence-electron chi connectivity index (χ4n) is 3.17. The predicted molar refractivity (Wildman–Crippen MR) is 106 cm³/mol. The summed E-state index contributed by atoms with van der Waals surface area (Å²) in [6.45, 7) is 0.173. The molecule has 2 aromatic carbocycles. The largest absolute Gasteiger partial charge is 0.347 e. The number of hydrogen-bond donors (Lipinski definition) is 2. The molecule has 2 aromatic rings. The first-order chi connectivity index (χ1) is 13.9. The van der Waals surface area contributed by atoms with E-state index in [-0.39, 0.29) is 23.9 Å². The van der Waals surface area contributed by atoms with E-state index in [1.54, 1.807) is 18.2 Å². The second kappa shape index (κ2) is 9.15. The van der Waals surface area contributed by atoms with Crippen molar-refractivity contribution in [2.45, 2.75) is 17.7 Å². The lowest BCUT2D eigenvalue weighted by Gasteiger charge is -2.31. The SMILES string of the molecule is O=C(CNC(=O)C1CCCN(S(=O)(=O)c2ccccc2)C1)Nc1ccc(F)cc1. The van der Waals surface area contributed by atoms with Gasteiger partial charge >= 0.3 is 0 Å². The van der Waals surface area contributed by atoms with Gasteiger partial charge in [-0.3, -0.25) is 9.59 Å². The smallest absolute Gasteiger partial charge is 0.243 e. The molecule has 154 valence electrons. The highest BCUT2D eigenvalue weighted by molar-refractivity contribution is 7.89. The number of carbonyl (C=O) groups excluding carboxylic acids is 2. The van der Waals surface area contributed by atoms with E-state index in [4.69, 9.17) is 0 Å². The van der Waals surface area contributed by atoms with Crippen LogP contribution >= 0.6 is 0 Å². The quantitative estimate of drug-likeness (QED) is 0.749. The van der Waals surface area contributed by atoms with Crippen molar-refractivity contribution in [1.82, 2.24) is 9.62 Å². The van der Waals surface area contributed by atoms with Crippen LogP contribution in [0.3, 0.4) is 0 Å². The Bertz CT molecular complexity index is 965. The highest BCUT2D eigenvalue weighted by atomic mass is 32.2. The van der Waals surface area contributed by atoms with Gasteiger partial charge in [-0.15, -0.1) is 0 Å². The molecule has 1 aliphatic heterocycles. The van der Waals surface area contributed by atoms with Gasteiger partial charge in [-0.05, 0) is 49.2 Å². The molecular weight excluding hydrogens is 397 g/mol. The van der Waals surface area contributed by atoms with Gasteiger partial charge in [-0.1, -0.05) is 18.2 Å². The zero-order valence-corrected chi connectivity index (χ0v) is 16.5. The van der Waals surface area contributed by atoms with Gasteiger partial charge in [0.05, 0.1) is 17.4 Å². The van der Waals surface area contributed by atoms with Crippen LogP contribution in [-0.4, -0.2) is 44.2 Å². The van der Waals surface area contributed by atoms with Gasteiger partial charge in [0.2, 0.25) is 21.8 Å². The minimum Gasteiger partial charge on any atom is -0.347 e. The second-order valence-electron chi connectivity index (χ2n) is 6.79. The molecule has 0 aliphatic carbocycles. The Balaban J connectivity index is 1.54. The molecule has 0 saturated carbocycles. The Morgan fingerprint density at radius 3 is 2.45 bits per heavy atom. The van der Waals surface area contributed by atoms with E-state index in [2.05, 4.69) is 10.6 Å². The molecule has 1 aliphatic rings. The summed E-state index contributed by atoms with van der Waals surface area (Å²) in [5, 5.41) is 5.10. The fourth-order valence-corrected chi connectivity index (χ4v) is 4.71. The van der Waals surface area contributed by atoms with Crippen LogP contribution in [-0.2, 0) is 19.6 Å². The number of rotatable bonds is 6. The second-order valence-corrected chi connectivity index (χ2v) is 8.73. The molecule has 0 bridgehead atoms. The average molecular weight is 419 g/mol. The summed E-state index contributed by atoms with van der Waals surface area (Å²) in [6, 6.07) is 13.4. The number of anilines is 1. The van der Waals surface area contributed by atoms with Gasteiger partial charge in [-0.25, -0.2) is 12.8 Å². The van der Waals surface area contributed by atoms with E-state index in [1.807, 2.05) is 0 Å². The number of hydrogen-bond acceptors (Lipinski definition) is 4. The third kappa shape index (κ3) is 5.39. The van der Waals surface area contributed by atoms with Crippen molar-refractivity contribution in [3.05, 3.63) is 60.4 Å². The number of sulfonamides is 1. The monoisotopic (exact) mass is 419 g/mol. The van der Waals surface area contributed by atoms with Crippen molar-refractivity contribution in [1.29, 1.82) is 0 Å². The van der Waals surface area contributed by atoms with Gasteiger partial charge in [-0.2, -0.15) is 4.31 Å². The summed E-state index contributed by atoms with van der Waals surface area (Å²) in [6.07, 6.45) is 1.11. The van der Waals surface area contributed by atoms with Crippen LogP contribution in [0.1, 0.15) is 12.8 Å². The number of carbonyl (C=O) groups is 2. The summed E-state index contributed by atoms with van der Waals surface area (Å²) < 4.78 is 39.7. The summed E-state index contributed by atoms with van der Waals surface area (Å²) in [5.74, 6) is -1.76. The zero-order valence-electron chi connectivity index (χ0n) is 15.7. The van der Waals surface area contributed by atoms with E-state index >= 15 is 0 Å². The maximum absolute atomic E-state index is 12.9. The van der Waals surface area contributed by atoms with Gasteiger partial charge in [0, 0.05) is 18.8 Å². The lowest BCUT2D eigenvalue weighted by atomic mass is 9.99. The molecule has 3 rings (SSSR count). The lowest BCUT2D eigenvalue weighted by Crippen LogP contribution is -2.46. The Morgan fingerprint density at radius 1 is 1.07 bits per heavy atom. The van der Waals surface area contributed by atoms with E-state index in [1.165, 1.54) is 40.7 Å². The molecule has 1 atom stereocenters. The van der Waals surface area contributed by atoms with Crippen LogP contribution in [0.25, 0.3) is 0 Å². The molecule has 1 unspecified atom stereocenters. The maximum Gasteiger partial charge on any atom is 0.243 e. The molecule has 0 radical (unpaired) electrons. The molecule has 1 heterocycles. The Hall–Kier alpha value is -2.78. The highest BCUT2D eigenvalue weighted by Gasteiger charge is 2.33. The number of nitrogens with one attached hydrogen (secondary N) is 2. The Labute approximate surface area is 169 Å². The van der Waals surface area contributed by atoms with E-state index in [0.29, 0.717) is 25.1 Å². The Kier molecular flexibility index (Phi) is 6.60. The first kappa shape index (κ1) is 20.9. The Morgan fingerprint density at radius 2 is 1.76 bits per heavy atom. The summed E-state index contributed by atoms with van der Waals surface area (Å²) in [5.41, 5.74) is 0.420. The molecule has 2 N–H and O–H groups in total. The highest BCUT2D eigenvalue weighted by Crippen LogP contribution is 2.23. The number of benzene rings is 2. The average Bonchev–Trinajstić information content (AvgIpc) is 2.74. The lowest BCUT2D eigenvalue weighted by molar-refractivity contribution is -0.128. The van der Waals surface area contributed by atoms with Gasteiger partial charge in [0.15, 0.2) is 0 Å². The summed E-state index contributed by atoms with van der Waals surface area (Å²) in [4.78, 5) is 24.6. The molecule has 0 spiro atoms. The standard InChI is InChI=1S/C20H22FN3O4S/c21-16-8-10-17(11-9-16)23-19(25)13-22-20(26)15-5-4-12-24(14-15)29(27,28)18-6-2-1-3-7-18/h1-3,6-11,15H,4-5,12-14H2,(H,22,26)(H,23,25). The van der Waals surface area contributed by atoms with Gasteiger partial charge in [0.1, 0.15) is 5.82 Å².